The van der Waals surface area contributed by atoms with Gasteiger partial charge < -0.3 is 5.73 Å². The van der Waals surface area contributed by atoms with Gasteiger partial charge in [-0.25, -0.2) is 0 Å². The number of anilines is 1. The molecule has 2 aliphatic carbocycles. The monoisotopic (exact) mass is 231 g/mol. The van der Waals surface area contributed by atoms with Crippen LogP contribution in [-0.4, -0.2) is 23.0 Å². The molecule has 2 aliphatic rings. The molecule has 0 saturated heterocycles. The van der Waals surface area contributed by atoms with Crippen molar-refractivity contribution in [3.05, 3.63) is 24.0 Å². The fourth-order valence-corrected chi connectivity index (χ4v) is 2.29. The zero-order valence-corrected chi connectivity index (χ0v) is 10.3. The van der Waals surface area contributed by atoms with Gasteiger partial charge in [0.15, 0.2) is 0 Å². The average Bonchev–Trinajstić information content (AvgIpc) is 3.17. The molecule has 92 valence electrons. The van der Waals surface area contributed by atoms with Crippen molar-refractivity contribution in [3.63, 3.8) is 0 Å². The van der Waals surface area contributed by atoms with Crippen molar-refractivity contribution in [1.82, 2.24) is 9.88 Å². The van der Waals surface area contributed by atoms with Crippen LogP contribution < -0.4 is 5.73 Å². The molecule has 0 aliphatic heterocycles. The molecule has 17 heavy (non-hydrogen) atoms. The maximum Gasteiger partial charge on any atom is 0.0545 e. The highest BCUT2D eigenvalue weighted by Crippen LogP contribution is 2.34. The first kappa shape index (κ1) is 11.0. The number of nitrogen functional groups attached to an aromatic ring is 1. The summed E-state index contributed by atoms with van der Waals surface area (Å²) in [4.78, 5) is 7.00. The molecule has 3 rings (SSSR count). The zero-order valence-electron chi connectivity index (χ0n) is 10.3. The van der Waals surface area contributed by atoms with E-state index in [1.165, 1.54) is 38.8 Å². The second kappa shape index (κ2) is 4.65. The molecule has 3 nitrogen and oxygen atoms in total. The summed E-state index contributed by atoms with van der Waals surface area (Å²) in [6.07, 6.45) is 7.47. The van der Waals surface area contributed by atoms with Crippen LogP contribution in [-0.2, 0) is 6.54 Å². The highest BCUT2D eigenvalue weighted by Gasteiger charge is 2.29. The number of rotatable bonds is 6. The van der Waals surface area contributed by atoms with E-state index in [0.29, 0.717) is 0 Å². The molecule has 0 spiro atoms. The van der Waals surface area contributed by atoms with Crippen molar-refractivity contribution in [3.8, 4) is 0 Å². The van der Waals surface area contributed by atoms with E-state index in [-0.39, 0.29) is 0 Å². The largest absolute Gasteiger partial charge is 0.397 e. The van der Waals surface area contributed by atoms with E-state index in [0.717, 1.165) is 29.8 Å². The van der Waals surface area contributed by atoms with Crippen LogP contribution >= 0.6 is 0 Å². The van der Waals surface area contributed by atoms with Gasteiger partial charge in [0.2, 0.25) is 0 Å². The lowest BCUT2D eigenvalue weighted by atomic mass is 10.2. The summed E-state index contributed by atoms with van der Waals surface area (Å²) >= 11 is 0. The van der Waals surface area contributed by atoms with Gasteiger partial charge in [-0.2, -0.15) is 0 Å². The molecular formula is C14H21N3. The first-order chi connectivity index (χ1) is 8.29. The normalized spacial score (nSPS) is 19.8. The Balaban J connectivity index is 1.58. The van der Waals surface area contributed by atoms with E-state index >= 15 is 0 Å². The molecule has 0 amide bonds. The third-order valence-electron chi connectivity index (χ3n) is 3.66. The summed E-state index contributed by atoms with van der Waals surface area (Å²) in [6, 6.07) is 4.01. The third kappa shape index (κ3) is 3.43. The maximum absolute atomic E-state index is 5.66. The zero-order chi connectivity index (χ0) is 11.7. The minimum absolute atomic E-state index is 0.754. The fourth-order valence-electron chi connectivity index (χ4n) is 2.29. The smallest absolute Gasteiger partial charge is 0.0545 e. The fraction of sp³-hybridized carbons (Fsp3) is 0.643. The quantitative estimate of drug-likeness (QED) is 0.816. The Morgan fingerprint density at radius 3 is 2.24 bits per heavy atom. The SMILES string of the molecule is Nc1ccc(CN(CC2CC2)CC2CC2)nc1. The summed E-state index contributed by atoms with van der Waals surface area (Å²) < 4.78 is 0. The van der Waals surface area contributed by atoms with Crippen molar-refractivity contribution < 1.29 is 0 Å². The molecule has 0 radical (unpaired) electrons. The van der Waals surface area contributed by atoms with Gasteiger partial charge in [0.05, 0.1) is 17.6 Å². The molecule has 2 fully saturated rings. The molecular weight excluding hydrogens is 210 g/mol. The third-order valence-corrected chi connectivity index (χ3v) is 3.66. The predicted octanol–water partition coefficient (Wildman–Crippen LogP) is 2.29. The lowest BCUT2D eigenvalue weighted by molar-refractivity contribution is 0.241. The summed E-state index contributed by atoms with van der Waals surface area (Å²) in [5.74, 6) is 1.92. The number of hydrogen-bond donors (Lipinski definition) is 1. The Morgan fingerprint density at radius 2 is 1.76 bits per heavy atom. The Morgan fingerprint density at radius 1 is 1.12 bits per heavy atom. The molecule has 2 N–H and O–H groups in total. The van der Waals surface area contributed by atoms with Crippen LogP contribution in [0, 0.1) is 11.8 Å². The van der Waals surface area contributed by atoms with Crippen LogP contribution in [0.4, 0.5) is 5.69 Å². The van der Waals surface area contributed by atoms with Gasteiger partial charge >= 0.3 is 0 Å². The molecule has 1 aromatic rings. The van der Waals surface area contributed by atoms with Gasteiger partial charge in [-0.05, 0) is 49.7 Å². The van der Waals surface area contributed by atoms with E-state index in [4.69, 9.17) is 5.73 Å². The Kier molecular flexibility index (Phi) is 3.02. The molecule has 1 aromatic heterocycles. The van der Waals surface area contributed by atoms with E-state index in [1.54, 1.807) is 6.20 Å². The molecule has 2 saturated carbocycles. The Bertz CT molecular complexity index is 352. The van der Waals surface area contributed by atoms with Crippen molar-refractivity contribution in [1.29, 1.82) is 0 Å². The van der Waals surface area contributed by atoms with E-state index < -0.39 is 0 Å². The van der Waals surface area contributed by atoms with Crippen LogP contribution in [0.5, 0.6) is 0 Å². The van der Waals surface area contributed by atoms with Gasteiger partial charge in [-0.15, -0.1) is 0 Å². The molecule has 0 atom stereocenters. The number of pyridine rings is 1. The van der Waals surface area contributed by atoms with Crippen molar-refractivity contribution >= 4 is 5.69 Å². The van der Waals surface area contributed by atoms with E-state index in [1.807, 2.05) is 6.07 Å². The number of hydrogen-bond acceptors (Lipinski definition) is 3. The molecule has 0 unspecified atom stereocenters. The van der Waals surface area contributed by atoms with Crippen molar-refractivity contribution in [2.45, 2.75) is 32.2 Å². The first-order valence-electron chi connectivity index (χ1n) is 6.72. The van der Waals surface area contributed by atoms with Crippen LogP contribution in [0.15, 0.2) is 18.3 Å². The summed E-state index contributed by atoms with van der Waals surface area (Å²) in [5.41, 5.74) is 7.57. The van der Waals surface area contributed by atoms with Crippen LogP contribution in [0.3, 0.4) is 0 Å². The maximum atomic E-state index is 5.66. The second-order valence-corrected chi connectivity index (χ2v) is 5.66. The topological polar surface area (TPSA) is 42.1 Å². The van der Waals surface area contributed by atoms with Crippen molar-refractivity contribution in [2.75, 3.05) is 18.8 Å². The van der Waals surface area contributed by atoms with Gasteiger partial charge in [0, 0.05) is 19.6 Å². The summed E-state index contributed by atoms with van der Waals surface area (Å²) in [5, 5.41) is 0. The first-order valence-corrected chi connectivity index (χ1v) is 6.72. The minimum Gasteiger partial charge on any atom is -0.397 e. The Hall–Kier alpha value is -1.09. The van der Waals surface area contributed by atoms with Crippen LogP contribution in [0.25, 0.3) is 0 Å². The average molecular weight is 231 g/mol. The summed E-state index contributed by atoms with van der Waals surface area (Å²) in [7, 11) is 0. The lowest BCUT2D eigenvalue weighted by Crippen LogP contribution is -2.28. The van der Waals surface area contributed by atoms with Gasteiger partial charge in [-0.3, -0.25) is 9.88 Å². The summed E-state index contributed by atoms with van der Waals surface area (Å²) in [6.45, 7) is 3.53. The molecule has 0 bridgehead atoms. The highest BCUT2D eigenvalue weighted by atomic mass is 15.1. The molecule has 0 aromatic carbocycles. The van der Waals surface area contributed by atoms with Crippen molar-refractivity contribution in [2.24, 2.45) is 11.8 Å². The van der Waals surface area contributed by atoms with E-state index in [9.17, 15) is 0 Å². The van der Waals surface area contributed by atoms with Gasteiger partial charge in [0.25, 0.3) is 0 Å². The van der Waals surface area contributed by atoms with Gasteiger partial charge in [-0.1, -0.05) is 0 Å². The standard InChI is InChI=1S/C14H21N3/c15-13-5-6-14(16-7-13)10-17(8-11-1-2-11)9-12-3-4-12/h5-7,11-12H,1-4,8-10,15H2. The second-order valence-electron chi connectivity index (χ2n) is 5.66. The van der Waals surface area contributed by atoms with E-state index in [2.05, 4.69) is 16.0 Å². The van der Waals surface area contributed by atoms with Crippen LogP contribution in [0.1, 0.15) is 31.4 Å². The number of aromatic nitrogens is 1. The Labute approximate surface area is 103 Å². The number of nitrogens with zero attached hydrogens (tertiary/aromatic N) is 2. The predicted molar refractivity (Wildman–Crippen MR) is 69.4 cm³/mol. The van der Waals surface area contributed by atoms with Crippen LogP contribution in [0.2, 0.25) is 0 Å². The molecule has 3 heteroatoms. The molecule has 1 heterocycles. The minimum atomic E-state index is 0.754. The number of nitrogens with two attached hydrogens (primary N) is 1. The van der Waals surface area contributed by atoms with Gasteiger partial charge in [0.1, 0.15) is 0 Å². The highest BCUT2D eigenvalue weighted by molar-refractivity contribution is 5.34. The lowest BCUT2D eigenvalue weighted by Gasteiger charge is -2.21.